The van der Waals surface area contributed by atoms with Crippen molar-refractivity contribution in [1.82, 2.24) is 25.6 Å². The number of esters is 1. The van der Waals surface area contributed by atoms with Crippen molar-refractivity contribution in [3.05, 3.63) is 62.8 Å². The van der Waals surface area contributed by atoms with Crippen molar-refractivity contribution >= 4 is 28.6 Å². The number of carbonyl (C=O) groups is 3. The number of ether oxygens (including phenoxy) is 1. The molecule has 2 amide bonds. The summed E-state index contributed by atoms with van der Waals surface area (Å²) in [5.41, 5.74) is 5.70. The first-order chi connectivity index (χ1) is 15.6. The fourth-order valence-electron chi connectivity index (χ4n) is 3.56. The Morgan fingerprint density at radius 1 is 1.09 bits per heavy atom. The summed E-state index contributed by atoms with van der Waals surface area (Å²) in [6.07, 6.45) is 0.358. The van der Waals surface area contributed by atoms with E-state index in [9.17, 15) is 19.2 Å². The van der Waals surface area contributed by atoms with E-state index in [1.807, 2.05) is 6.92 Å². The molecule has 3 rings (SSSR count). The number of carbonyl (C=O) groups excluding carboxylic acids is 3. The average molecular weight is 453 g/mol. The second-order valence-electron chi connectivity index (χ2n) is 7.91. The zero-order chi connectivity index (χ0) is 24.3. The quantitative estimate of drug-likeness (QED) is 0.387. The van der Waals surface area contributed by atoms with Crippen LogP contribution in [0.5, 0.6) is 0 Å². The van der Waals surface area contributed by atoms with E-state index in [2.05, 4.69) is 20.9 Å². The zero-order valence-electron chi connectivity index (χ0n) is 19.2. The normalized spacial score (nSPS) is 11.0. The Bertz CT molecular complexity index is 1290. The molecule has 2 heterocycles. The molecule has 0 saturated heterocycles. The minimum atomic E-state index is -0.676. The van der Waals surface area contributed by atoms with Crippen LogP contribution in [0.4, 0.5) is 0 Å². The average Bonchev–Trinajstić information content (AvgIpc) is 3.07. The highest BCUT2D eigenvalue weighted by Crippen LogP contribution is 2.19. The largest absolute Gasteiger partial charge is 0.459 e. The summed E-state index contributed by atoms with van der Waals surface area (Å²) in [7, 11) is 0. The van der Waals surface area contributed by atoms with E-state index in [-0.39, 0.29) is 28.6 Å². The van der Waals surface area contributed by atoms with E-state index in [0.29, 0.717) is 35.0 Å². The standard InChI is InChI=1S/C23H27N5O5/c1-6-11-28-22(31)16-10-8-7-9-15(16)19(27-28)21(30)26-25-20(29)18-13(4)17(14(5)24-18)23(32)33-12(2)3/h7-10,12,24H,6,11H2,1-5H3,(H,25,29)(H,26,30). The van der Waals surface area contributed by atoms with Gasteiger partial charge in [-0.15, -0.1) is 0 Å². The van der Waals surface area contributed by atoms with Crippen LogP contribution in [-0.2, 0) is 11.3 Å². The van der Waals surface area contributed by atoms with Crippen molar-refractivity contribution in [2.75, 3.05) is 0 Å². The predicted molar refractivity (Wildman–Crippen MR) is 122 cm³/mol. The van der Waals surface area contributed by atoms with Crippen molar-refractivity contribution in [1.29, 1.82) is 0 Å². The van der Waals surface area contributed by atoms with Gasteiger partial charge in [0.1, 0.15) is 5.69 Å². The number of fused-ring (bicyclic) bond motifs is 1. The molecule has 0 aliphatic rings. The van der Waals surface area contributed by atoms with E-state index in [4.69, 9.17) is 4.74 Å². The third-order valence-electron chi connectivity index (χ3n) is 5.02. The number of hydrogen-bond acceptors (Lipinski definition) is 6. The molecule has 0 aliphatic carbocycles. The second-order valence-corrected chi connectivity index (χ2v) is 7.91. The number of amides is 2. The lowest BCUT2D eigenvalue weighted by Crippen LogP contribution is -2.43. The molecule has 3 N–H and O–H groups in total. The Kier molecular flexibility index (Phi) is 6.95. The first-order valence-electron chi connectivity index (χ1n) is 10.7. The van der Waals surface area contributed by atoms with Crippen LogP contribution in [0.15, 0.2) is 29.1 Å². The molecule has 33 heavy (non-hydrogen) atoms. The van der Waals surface area contributed by atoms with Gasteiger partial charge in [-0.25, -0.2) is 9.48 Å². The van der Waals surface area contributed by atoms with E-state index >= 15 is 0 Å². The molecule has 0 spiro atoms. The number of hydrogen-bond donors (Lipinski definition) is 3. The molecular formula is C23H27N5O5. The number of hydrazine groups is 1. The summed E-state index contributed by atoms with van der Waals surface area (Å²) in [5, 5.41) is 4.94. The first kappa shape index (κ1) is 23.7. The van der Waals surface area contributed by atoms with Crippen molar-refractivity contribution in [2.45, 2.75) is 53.7 Å². The molecule has 3 aromatic rings. The monoisotopic (exact) mass is 453 g/mol. The van der Waals surface area contributed by atoms with Gasteiger partial charge in [0.25, 0.3) is 17.4 Å². The van der Waals surface area contributed by atoms with E-state index in [1.54, 1.807) is 52.0 Å². The molecule has 2 aromatic heterocycles. The molecule has 0 atom stereocenters. The number of nitrogens with one attached hydrogen (secondary N) is 3. The fraction of sp³-hybridized carbons (Fsp3) is 0.348. The van der Waals surface area contributed by atoms with Gasteiger partial charge >= 0.3 is 5.97 Å². The number of rotatable bonds is 6. The summed E-state index contributed by atoms with van der Waals surface area (Å²) >= 11 is 0. The summed E-state index contributed by atoms with van der Waals surface area (Å²) in [6.45, 7) is 9.00. The summed E-state index contributed by atoms with van der Waals surface area (Å²) < 4.78 is 6.47. The number of aryl methyl sites for hydroxylation is 2. The second kappa shape index (κ2) is 9.68. The molecular weight excluding hydrogens is 426 g/mol. The van der Waals surface area contributed by atoms with Crippen LogP contribution in [0, 0.1) is 13.8 Å². The molecule has 174 valence electrons. The van der Waals surface area contributed by atoms with E-state index < -0.39 is 17.8 Å². The van der Waals surface area contributed by atoms with Crippen LogP contribution in [0.25, 0.3) is 10.8 Å². The van der Waals surface area contributed by atoms with Crippen molar-refractivity contribution < 1.29 is 19.1 Å². The molecule has 10 heteroatoms. The number of H-pyrrole nitrogens is 1. The smallest absolute Gasteiger partial charge is 0.340 e. The molecule has 0 bridgehead atoms. The SMILES string of the molecule is CCCn1nc(C(=O)NNC(=O)c2[nH]c(C)c(C(=O)OC(C)C)c2C)c2ccccc2c1=O. The van der Waals surface area contributed by atoms with Gasteiger partial charge in [0.2, 0.25) is 0 Å². The van der Waals surface area contributed by atoms with Gasteiger partial charge < -0.3 is 9.72 Å². The van der Waals surface area contributed by atoms with E-state index in [0.717, 1.165) is 0 Å². The van der Waals surface area contributed by atoms with Crippen LogP contribution >= 0.6 is 0 Å². The third-order valence-corrected chi connectivity index (χ3v) is 5.02. The highest BCUT2D eigenvalue weighted by atomic mass is 16.5. The van der Waals surface area contributed by atoms with Crippen molar-refractivity contribution in [3.8, 4) is 0 Å². The Labute approximate surface area is 190 Å². The Morgan fingerprint density at radius 2 is 1.73 bits per heavy atom. The molecule has 0 fully saturated rings. The zero-order valence-corrected chi connectivity index (χ0v) is 19.2. The van der Waals surface area contributed by atoms with Gasteiger partial charge in [-0.2, -0.15) is 5.10 Å². The van der Waals surface area contributed by atoms with Crippen LogP contribution in [0.3, 0.4) is 0 Å². The molecule has 0 unspecified atom stereocenters. The van der Waals surface area contributed by atoms with Gasteiger partial charge in [0.05, 0.1) is 17.1 Å². The minimum Gasteiger partial charge on any atom is -0.459 e. The molecule has 0 saturated carbocycles. The minimum absolute atomic E-state index is 0.0135. The Hall–Kier alpha value is -3.95. The molecule has 1 aromatic carbocycles. The van der Waals surface area contributed by atoms with Crippen molar-refractivity contribution in [3.63, 3.8) is 0 Å². The topological polar surface area (TPSA) is 135 Å². The van der Waals surface area contributed by atoms with Crippen LogP contribution < -0.4 is 16.4 Å². The van der Waals surface area contributed by atoms with Gasteiger partial charge in [0, 0.05) is 17.6 Å². The number of aromatic amines is 1. The van der Waals surface area contributed by atoms with Crippen LogP contribution in [0.2, 0.25) is 0 Å². The number of nitrogens with zero attached hydrogens (tertiary/aromatic N) is 2. The number of benzene rings is 1. The Morgan fingerprint density at radius 3 is 2.36 bits per heavy atom. The number of aromatic nitrogens is 3. The molecule has 10 nitrogen and oxygen atoms in total. The van der Waals surface area contributed by atoms with Gasteiger partial charge in [-0.05, 0) is 45.7 Å². The maximum absolute atomic E-state index is 12.9. The van der Waals surface area contributed by atoms with E-state index in [1.165, 1.54) is 4.68 Å². The first-order valence-corrected chi connectivity index (χ1v) is 10.7. The highest BCUT2D eigenvalue weighted by Gasteiger charge is 2.24. The lowest BCUT2D eigenvalue weighted by Gasteiger charge is -2.11. The molecule has 0 aliphatic heterocycles. The fourth-order valence-corrected chi connectivity index (χ4v) is 3.56. The Balaban J connectivity index is 1.84. The summed E-state index contributed by atoms with van der Waals surface area (Å²) in [4.78, 5) is 53.4. The lowest BCUT2D eigenvalue weighted by molar-refractivity contribution is 0.0376. The third kappa shape index (κ3) is 4.79. The van der Waals surface area contributed by atoms with Crippen LogP contribution in [0.1, 0.15) is 69.8 Å². The van der Waals surface area contributed by atoms with Gasteiger partial charge in [-0.3, -0.25) is 25.2 Å². The predicted octanol–water partition coefficient (Wildman–Crippen LogP) is 2.39. The van der Waals surface area contributed by atoms with Gasteiger partial charge in [0.15, 0.2) is 5.69 Å². The molecule has 0 radical (unpaired) electrons. The lowest BCUT2D eigenvalue weighted by atomic mass is 10.1. The maximum atomic E-state index is 12.9. The van der Waals surface area contributed by atoms with Crippen LogP contribution in [-0.4, -0.2) is 38.7 Å². The van der Waals surface area contributed by atoms with Gasteiger partial charge in [-0.1, -0.05) is 25.1 Å². The maximum Gasteiger partial charge on any atom is 0.340 e. The summed E-state index contributed by atoms with van der Waals surface area (Å²) in [6, 6.07) is 6.67. The highest BCUT2D eigenvalue weighted by molar-refractivity contribution is 6.06. The van der Waals surface area contributed by atoms with Crippen molar-refractivity contribution in [2.24, 2.45) is 0 Å². The summed E-state index contributed by atoms with van der Waals surface area (Å²) in [5.74, 6) is -1.85.